The van der Waals surface area contributed by atoms with Crippen molar-refractivity contribution >= 4 is 5.78 Å². The largest absolute Gasteiger partial charge is 0.395 e. The van der Waals surface area contributed by atoms with Crippen LogP contribution in [0.2, 0.25) is 0 Å². The number of aliphatic hydroxyl groups excluding tert-OH is 1. The number of benzene rings is 1. The van der Waals surface area contributed by atoms with Gasteiger partial charge in [-0.1, -0.05) is 0 Å². The number of likely N-dealkylation sites (tertiary alicyclic amines) is 1. The maximum absolute atomic E-state index is 12.8. The van der Waals surface area contributed by atoms with Gasteiger partial charge in [0.15, 0.2) is 5.78 Å². The van der Waals surface area contributed by atoms with Crippen LogP contribution in [0, 0.1) is 11.7 Å². The Balaban J connectivity index is 1.77. The SMILES string of the molecule is N[C@H](CO)CCN1CC(C(=O)c2ccc(F)cc2)C1. The molecule has 0 unspecified atom stereocenters. The topological polar surface area (TPSA) is 66.6 Å². The van der Waals surface area contributed by atoms with Gasteiger partial charge in [0.05, 0.1) is 6.61 Å². The molecule has 0 bridgehead atoms. The van der Waals surface area contributed by atoms with Gasteiger partial charge in [-0.05, 0) is 37.2 Å². The second kappa shape index (κ2) is 6.23. The van der Waals surface area contributed by atoms with Gasteiger partial charge < -0.3 is 15.7 Å². The van der Waals surface area contributed by atoms with Gasteiger partial charge >= 0.3 is 0 Å². The van der Waals surface area contributed by atoms with Crippen molar-refractivity contribution in [3.05, 3.63) is 35.6 Å². The fourth-order valence-electron chi connectivity index (χ4n) is 2.21. The van der Waals surface area contributed by atoms with Crippen molar-refractivity contribution in [3.63, 3.8) is 0 Å². The molecule has 1 heterocycles. The third-order valence-electron chi connectivity index (χ3n) is 3.51. The summed E-state index contributed by atoms with van der Waals surface area (Å²) >= 11 is 0. The highest BCUT2D eigenvalue weighted by Gasteiger charge is 2.32. The van der Waals surface area contributed by atoms with Gasteiger partial charge in [0.25, 0.3) is 0 Å². The average Bonchev–Trinajstić information content (AvgIpc) is 2.37. The van der Waals surface area contributed by atoms with E-state index in [2.05, 4.69) is 4.90 Å². The smallest absolute Gasteiger partial charge is 0.168 e. The van der Waals surface area contributed by atoms with Crippen LogP contribution < -0.4 is 5.73 Å². The van der Waals surface area contributed by atoms with Gasteiger partial charge in [-0.2, -0.15) is 0 Å². The number of carbonyl (C=O) groups excluding carboxylic acids is 1. The fraction of sp³-hybridized carbons (Fsp3) is 0.500. The summed E-state index contributed by atoms with van der Waals surface area (Å²) in [5, 5.41) is 8.82. The maximum atomic E-state index is 12.8. The summed E-state index contributed by atoms with van der Waals surface area (Å²) in [6, 6.07) is 5.49. The molecule has 1 aliphatic rings. The zero-order chi connectivity index (χ0) is 13.8. The Bertz CT molecular complexity index is 430. The minimum Gasteiger partial charge on any atom is -0.395 e. The van der Waals surface area contributed by atoms with Crippen LogP contribution in [-0.4, -0.2) is 48.1 Å². The summed E-state index contributed by atoms with van der Waals surface area (Å²) in [4.78, 5) is 14.2. The van der Waals surface area contributed by atoms with Crippen LogP contribution >= 0.6 is 0 Å². The van der Waals surface area contributed by atoms with Gasteiger partial charge in [-0.25, -0.2) is 4.39 Å². The molecule has 3 N–H and O–H groups in total. The first-order chi connectivity index (χ1) is 9.10. The summed E-state index contributed by atoms with van der Waals surface area (Å²) in [5.74, 6) is -0.261. The Morgan fingerprint density at radius 3 is 2.63 bits per heavy atom. The number of nitrogens with zero attached hydrogens (tertiary/aromatic N) is 1. The van der Waals surface area contributed by atoms with Crippen molar-refractivity contribution in [1.82, 2.24) is 4.90 Å². The highest BCUT2D eigenvalue weighted by Crippen LogP contribution is 2.21. The molecule has 19 heavy (non-hydrogen) atoms. The number of nitrogens with two attached hydrogens (primary N) is 1. The van der Waals surface area contributed by atoms with Crippen LogP contribution in [0.15, 0.2) is 24.3 Å². The number of rotatable bonds is 6. The molecule has 1 saturated heterocycles. The molecule has 4 nitrogen and oxygen atoms in total. The summed E-state index contributed by atoms with van der Waals surface area (Å²) in [6.45, 7) is 2.23. The molecule has 104 valence electrons. The number of hydrogen-bond acceptors (Lipinski definition) is 4. The maximum Gasteiger partial charge on any atom is 0.168 e. The molecule has 0 radical (unpaired) electrons. The van der Waals surface area contributed by atoms with Crippen LogP contribution in [-0.2, 0) is 0 Å². The Hall–Kier alpha value is -1.30. The molecule has 0 spiro atoms. The molecule has 1 aromatic rings. The third-order valence-corrected chi connectivity index (χ3v) is 3.51. The van der Waals surface area contributed by atoms with Gasteiger partial charge in [0, 0.05) is 30.6 Å². The van der Waals surface area contributed by atoms with Crippen molar-refractivity contribution in [2.24, 2.45) is 11.7 Å². The first-order valence-corrected chi connectivity index (χ1v) is 6.48. The Morgan fingerprint density at radius 1 is 1.42 bits per heavy atom. The normalized spacial score (nSPS) is 18.1. The lowest BCUT2D eigenvalue weighted by molar-refractivity contribution is 0.0605. The minimum atomic E-state index is -0.329. The molecule has 0 aromatic heterocycles. The summed E-state index contributed by atoms with van der Waals surface area (Å²) in [6.07, 6.45) is 0.730. The van der Waals surface area contributed by atoms with Gasteiger partial charge in [0.1, 0.15) is 5.82 Å². The lowest BCUT2D eigenvalue weighted by atomic mass is 9.90. The van der Waals surface area contributed by atoms with E-state index < -0.39 is 0 Å². The quantitative estimate of drug-likeness (QED) is 0.742. The number of halogens is 1. The second-order valence-corrected chi connectivity index (χ2v) is 5.06. The fourth-order valence-corrected chi connectivity index (χ4v) is 2.21. The highest BCUT2D eigenvalue weighted by atomic mass is 19.1. The van der Waals surface area contributed by atoms with Crippen molar-refractivity contribution < 1.29 is 14.3 Å². The van der Waals surface area contributed by atoms with Crippen LogP contribution in [0.25, 0.3) is 0 Å². The van der Waals surface area contributed by atoms with E-state index in [0.29, 0.717) is 18.7 Å². The lowest BCUT2D eigenvalue weighted by Gasteiger charge is -2.38. The summed E-state index contributed by atoms with van der Waals surface area (Å²) < 4.78 is 12.8. The first kappa shape index (κ1) is 14.1. The molecule has 1 aromatic carbocycles. The number of ketones is 1. The molecule has 2 rings (SSSR count). The van der Waals surface area contributed by atoms with E-state index in [1.807, 2.05) is 0 Å². The predicted octanol–water partition coefficient (Wildman–Crippen LogP) is 0.650. The molecular formula is C14H19FN2O2. The monoisotopic (exact) mass is 266 g/mol. The molecule has 1 atom stereocenters. The zero-order valence-corrected chi connectivity index (χ0v) is 10.8. The van der Waals surface area contributed by atoms with E-state index in [1.54, 1.807) is 0 Å². The minimum absolute atomic E-state index is 0.00388. The van der Waals surface area contributed by atoms with Crippen molar-refractivity contribution in [1.29, 1.82) is 0 Å². The summed E-state index contributed by atoms with van der Waals surface area (Å²) in [7, 11) is 0. The number of Topliss-reactive ketones (excluding diaryl/α,β-unsaturated/α-hetero) is 1. The molecule has 1 aliphatic heterocycles. The predicted molar refractivity (Wildman–Crippen MR) is 70.3 cm³/mol. The van der Waals surface area contributed by atoms with E-state index >= 15 is 0 Å². The Labute approximate surface area is 112 Å². The van der Waals surface area contributed by atoms with E-state index in [-0.39, 0.29) is 30.2 Å². The molecule has 1 fully saturated rings. The molecular weight excluding hydrogens is 247 g/mol. The van der Waals surface area contributed by atoms with E-state index in [4.69, 9.17) is 10.8 Å². The van der Waals surface area contributed by atoms with Gasteiger partial charge in [-0.3, -0.25) is 4.79 Å². The Morgan fingerprint density at radius 2 is 2.05 bits per heavy atom. The second-order valence-electron chi connectivity index (χ2n) is 5.06. The lowest BCUT2D eigenvalue weighted by Crippen LogP contribution is -2.51. The molecule has 0 saturated carbocycles. The van der Waals surface area contributed by atoms with E-state index in [0.717, 1.165) is 13.0 Å². The van der Waals surface area contributed by atoms with Crippen LogP contribution in [0.5, 0.6) is 0 Å². The molecule has 0 amide bonds. The van der Waals surface area contributed by atoms with E-state index in [9.17, 15) is 9.18 Å². The highest BCUT2D eigenvalue weighted by molar-refractivity contribution is 5.98. The van der Waals surface area contributed by atoms with Gasteiger partial charge in [-0.15, -0.1) is 0 Å². The zero-order valence-electron chi connectivity index (χ0n) is 10.8. The van der Waals surface area contributed by atoms with Gasteiger partial charge in [0.2, 0.25) is 0 Å². The standard InChI is InChI=1S/C14H19FN2O2/c15-12-3-1-10(2-4-12)14(19)11-7-17(8-11)6-5-13(16)9-18/h1-4,11,13,18H,5-9,16H2/t13-/m0/s1. The summed E-state index contributed by atoms with van der Waals surface area (Å²) in [5.41, 5.74) is 6.19. The number of aliphatic hydroxyl groups is 1. The number of hydrogen-bond donors (Lipinski definition) is 2. The van der Waals surface area contributed by atoms with Crippen LogP contribution in [0.4, 0.5) is 4.39 Å². The van der Waals surface area contributed by atoms with Crippen molar-refractivity contribution in [2.45, 2.75) is 12.5 Å². The Kier molecular flexibility index (Phi) is 4.63. The van der Waals surface area contributed by atoms with Crippen LogP contribution in [0.1, 0.15) is 16.8 Å². The van der Waals surface area contributed by atoms with E-state index in [1.165, 1.54) is 24.3 Å². The van der Waals surface area contributed by atoms with Crippen LogP contribution in [0.3, 0.4) is 0 Å². The average molecular weight is 266 g/mol. The molecule has 5 heteroatoms. The van der Waals surface area contributed by atoms with Crippen molar-refractivity contribution in [2.75, 3.05) is 26.2 Å². The molecule has 0 aliphatic carbocycles. The third kappa shape index (κ3) is 3.59. The first-order valence-electron chi connectivity index (χ1n) is 6.48. The van der Waals surface area contributed by atoms with Crippen molar-refractivity contribution in [3.8, 4) is 0 Å². The number of carbonyl (C=O) groups is 1.